The summed E-state index contributed by atoms with van der Waals surface area (Å²) in [4.78, 5) is 36.4. The molecule has 6 rings (SSSR count). The normalized spacial score (nSPS) is 21.7. The van der Waals surface area contributed by atoms with Gasteiger partial charge < -0.3 is 39.3 Å². The van der Waals surface area contributed by atoms with E-state index in [1.807, 2.05) is 63.2 Å². The molecule has 2 aliphatic carbocycles. The summed E-state index contributed by atoms with van der Waals surface area (Å²) in [5.74, 6) is -2.14. The number of carbonyl (C=O) groups is 2. The zero-order chi connectivity index (χ0) is 51.4. The fourth-order valence-corrected chi connectivity index (χ4v) is 10.7. The molecule has 1 aliphatic heterocycles. The monoisotopic (exact) mass is 996 g/mol. The van der Waals surface area contributed by atoms with Crippen molar-refractivity contribution in [3.8, 4) is 11.5 Å². The fraction of sp³-hybridized carbons (Fsp3) is 0.576. The number of aliphatic hydroxyl groups excluding tert-OH is 2. The van der Waals surface area contributed by atoms with Crippen LogP contribution >= 0.6 is 0 Å². The molecule has 394 valence electrons. The first kappa shape index (κ1) is 56.1. The van der Waals surface area contributed by atoms with Gasteiger partial charge in [0.1, 0.15) is 29.0 Å². The second-order valence-corrected chi connectivity index (χ2v) is 20.8. The molecule has 3 aromatic carbocycles. The first-order chi connectivity index (χ1) is 34.9. The number of oxime groups is 1. The Kier molecular flexibility index (Phi) is 22.0. The fourth-order valence-electron chi connectivity index (χ4n) is 10.7. The van der Waals surface area contributed by atoms with Crippen molar-refractivity contribution < 1.29 is 48.0 Å². The standard InChI is InChI=1S/C59H82FN3O9/c1-6-8-9-10-11-12-13-14-15-23-37-68-57(67)63(42-44-28-30-46(60)31-29-44)53-40-51(62-72-58(3,4)5)49-38-45(26-19-21-34-64)48(27-20-22-35-65)54-50-39-47(70-56(66)61-41-43-24-17-16-18-25-43)32-33-52(50)71-59(53,55(49)54)69-36-7-2/h7,16-18,24-25,28-33,38-39,45,48,53-55,64-65H,2,6,8-15,19-23,26-27,34-37,40-42H2,1,3-5H3,(H,61,66). The molecule has 0 spiro atoms. The maximum atomic E-state index is 15.0. The van der Waals surface area contributed by atoms with Crippen molar-refractivity contribution in [2.45, 2.75) is 173 Å². The highest BCUT2D eigenvalue weighted by molar-refractivity contribution is 6.03. The van der Waals surface area contributed by atoms with Crippen LogP contribution in [0.25, 0.3) is 0 Å². The number of allylic oxidation sites excluding steroid dienone is 1. The van der Waals surface area contributed by atoms with Crippen molar-refractivity contribution in [2.75, 3.05) is 26.4 Å². The van der Waals surface area contributed by atoms with Crippen LogP contribution in [0.3, 0.4) is 0 Å². The molecule has 72 heavy (non-hydrogen) atoms. The second kappa shape index (κ2) is 28.3. The van der Waals surface area contributed by atoms with Crippen LogP contribution in [0.1, 0.15) is 159 Å². The smallest absolute Gasteiger partial charge is 0.412 e. The molecule has 0 saturated heterocycles. The lowest BCUT2D eigenvalue weighted by Crippen LogP contribution is -2.70. The van der Waals surface area contributed by atoms with E-state index in [-0.39, 0.29) is 63.7 Å². The number of rotatable bonds is 29. The van der Waals surface area contributed by atoms with Crippen LogP contribution in [-0.2, 0) is 27.4 Å². The van der Waals surface area contributed by atoms with E-state index in [0.29, 0.717) is 42.0 Å². The maximum Gasteiger partial charge on any atom is 0.412 e. The molecule has 3 N–H and O–H groups in total. The van der Waals surface area contributed by atoms with E-state index in [4.69, 9.17) is 28.9 Å². The number of hydrogen-bond acceptors (Lipinski definition) is 10. The number of unbranched alkanes of at least 4 members (excludes halogenated alkanes) is 11. The summed E-state index contributed by atoms with van der Waals surface area (Å²) < 4.78 is 41.2. The van der Waals surface area contributed by atoms with Gasteiger partial charge in [-0.15, -0.1) is 6.58 Å². The topological polar surface area (TPSA) is 148 Å². The van der Waals surface area contributed by atoms with Crippen molar-refractivity contribution in [2.24, 2.45) is 22.9 Å². The van der Waals surface area contributed by atoms with Gasteiger partial charge in [-0.25, -0.2) is 14.0 Å². The highest BCUT2D eigenvalue weighted by Gasteiger charge is 2.66. The van der Waals surface area contributed by atoms with Crippen LogP contribution in [0.15, 0.2) is 102 Å². The van der Waals surface area contributed by atoms with Gasteiger partial charge in [-0.05, 0) is 112 Å². The Morgan fingerprint density at radius 1 is 0.875 bits per heavy atom. The molecule has 0 bridgehead atoms. The lowest BCUT2D eigenvalue weighted by Gasteiger charge is -2.60. The molecule has 0 radical (unpaired) electrons. The molecule has 12 nitrogen and oxygen atoms in total. The summed E-state index contributed by atoms with van der Waals surface area (Å²) in [7, 11) is 0. The van der Waals surface area contributed by atoms with E-state index < -0.39 is 41.4 Å². The van der Waals surface area contributed by atoms with E-state index in [1.54, 1.807) is 29.2 Å². The molecule has 6 atom stereocenters. The molecule has 1 saturated carbocycles. The summed E-state index contributed by atoms with van der Waals surface area (Å²) in [6.45, 7) is 12.8. The predicted octanol–water partition coefficient (Wildman–Crippen LogP) is 13.1. The predicted molar refractivity (Wildman–Crippen MR) is 280 cm³/mol. The average Bonchev–Trinajstić information content (AvgIpc) is 3.37. The number of nitrogens with zero attached hydrogens (tertiary/aromatic N) is 2. The van der Waals surface area contributed by atoms with Crippen LogP contribution < -0.4 is 14.8 Å². The van der Waals surface area contributed by atoms with Gasteiger partial charge in [0.05, 0.1) is 24.8 Å². The molecule has 3 aromatic rings. The van der Waals surface area contributed by atoms with Crippen LogP contribution in [0, 0.1) is 23.6 Å². The largest absolute Gasteiger partial charge is 0.459 e. The minimum absolute atomic E-state index is 0.00831. The number of hydrogen-bond donors (Lipinski definition) is 3. The Hall–Kier alpha value is -5.24. The Labute approximate surface area is 428 Å². The molecular weight excluding hydrogens is 914 g/mol. The molecule has 3 aliphatic rings. The third kappa shape index (κ3) is 15.6. The van der Waals surface area contributed by atoms with E-state index in [0.717, 1.165) is 61.6 Å². The average molecular weight is 996 g/mol. The Bertz CT molecular complexity index is 2210. The highest BCUT2D eigenvalue weighted by atomic mass is 19.1. The Morgan fingerprint density at radius 2 is 1.56 bits per heavy atom. The Balaban J connectivity index is 1.45. The van der Waals surface area contributed by atoms with Crippen molar-refractivity contribution >= 4 is 17.9 Å². The van der Waals surface area contributed by atoms with E-state index in [9.17, 15) is 19.4 Å². The van der Waals surface area contributed by atoms with Gasteiger partial charge in [0.15, 0.2) is 0 Å². The van der Waals surface area contributed by atoms with Crippen molar-refractivity contribution in [1.82, 2.24) is 10.2 Å². The van der Waals surface area contributed by atoms with Gasteiger partial charge in [0.2, 0.25) is 5.79 Å². The van der Waals surface area contributed by atoms with Crippen molar-refractivity contribution in [3.05, 3.63) is 120 Å². The van der Waals surface area contributed by atoms with Gasteiger partial charge >= 0.3 is 12.2 Å². The minimum atomic E-state index is -1.56. The Morgan fingerprint density at radius 3 is 2.22 bits per heavy atom. The van der Waals surface area contributed by atoms with Crippen molar-refractivity contribution in [1.29, 1.82) is 0 Å². The number of halogens is 1. The molecule has 1 fully saturated rings. The molecule has 0 aromatic heterocycles. The van der Waals surface area contributed by atoms with Gasteiger partial charge in [-0.1, -0.05) is 137 Å². The van der Waals surface area contributed by atoms with Gasteiger partial charge in [-0.3, -0.25) is 4.90 Å². The quantitative estimate of drug-likeness (QED) is 0.0351. The zero-order valence-electron chi connectivity index (χ0n) is 43.5. The summed E-state index contributed by atoms with van der Waals surface area (Å²) in [5.41, 5.74) is 3.27. The number of nitrogens with one attached hydrogen (secondary N) is 1. The lowest BCUT2D eigenvalue weighted by molar-refractivity contribution is -0.256. The molecule has 2 amide bonds. The third-order valence-electron chi connectivity index (χ3n) is 14.2. The van der Waals surface area contributed by atoms with Gasteiger partial charge in [0, 0.05) is 44.2 Å². The SMILES string of the molecule is C=CCOC12Oc3ccc(OC(=O)NCc4ccccc4)cc3C3C(CCCCO)C(CCCCO)C=C(C(=NOC(C)(C)C)CC1N(Cc1ccc(F)cc1)C(=O)OCCCCCCCCCCCC)C32. The second-order valence-electron chi connectivity index (χ2n) is 20.8. The number of ether oxygens (including phenoxy) is 4. The summed E-state index contributed by atoms with van der Waals surface area (Å²) in [5, 5.41) is 27.9. The van der Waals surface area contributed by atoms with E-state index in [2.05, 4.69) is 24.9 Å². The highest BCUT2D eigenvalue weighted by Crippen LogP contribution is 2.62. The van der Waals surface area contributed by atoms with Gasteiger partial charge in [-0.2, -0.15) is 0 Å². The zero-order valence-corrected chi connectivity index (χ0v) is 43.5. The molecule has 6 unspecified atom stereocenters. The first-order valence-electron chi connectivity index (χ1n) is 26.8. The minimum Gasteiger partial charge on any atom is -0.459 e. The molecular formula is C59H82FN3O9. The summed E-state index contributed by atoms with van der Waals surface area (Å²) in [6.07, 6.45) is 18.6. The maximum absolute atomic E-state index is 15.0. The molecule has 1 heterocycles. The van der Waals surface area contributed by atoms with Gasteiger partial charge in [0.25, 0.3) is 0 Å². The first-order valence-corrected chi connectivity index (χ1v) is 26.8. The number of aliphatic hydroxyl groups is 2. The van der Waals surface area contributed by atoms with Crippen LogP contribution in [-0.4, -0.2) is 76.9 Å². The van der Waals surface area contributed by atoms with Crippen LogP contribution in [0.2, 0.25) is 0 Å². The lowest BCUT2D eigenvalue weighted by atomic mass is 9.55. The summed E-state index contributed by atoms with van der Waals surface area (Å²) in [6, 6.07) is 20.3. The number of amides is 2. The molecule has 13 heteroatoms. The number of benzene rings is 3. The van der Waals surface area contributed by atoms with Crippen LogP contribution in [0.5, 0.6) is 11.5 Å². The van der Waals surface area contributed by atoms with Crippen LogP contribution in [0.4, 0.5) is 14.0 Å². The number of fused-ring (bicyclic) bond motifs is 2. The summed E-state index contributed by atoms with van der Waals surface area (Å²) >= 11 is 0. The van der Waals surface area contributed by atoms with Crippen molar-refractivity contribution in [3.63, 3.8) is 0 Å². The number of carbonyl (C=O) groups excluding carboxylic acids is 2. The third-order valence-corrected chi connectivity index (χ3v) is 14.2. The van der Waals surface area contributed by atoms with E-state index >= 15 is 4.79 Å². The van der Waals surface area contributed by atoms with E-state index in [1.165, 1.54) is 50.7 Å².